The molecule has 2 rings (SSSR count). The molecule has 0 saturated carbocycles. The van der Waals surface area contributed by atoms with Crippen LogP contribution in [-0.2, 0) is 0 Å². The van der Waals surface area contributed by atoms with Crippen molar-refractivity contribution in [3.63, 3.8) is 0 Å². The number of hydrogen-bond donors (Lipinski definition) is 2. The van der Waals surface area contributed by atoms with Crippen LogP contribution in [0.1, 0.15) is 0 Å². The van der Waals surface area contributed by atoms with Gasteiger partial charge in [-0.05, 0) is 24.3 Å². The normalized spacial score (nSPS) is 10.6. The van der Waals surface area contributed by atoms with Crippen molar-refractivity contribution >= 4 is 17.1 Å². The summed E-state index contributed by atoms with van der Waals surface area (Å²) in [5.74, 6) is 0.202. The number of aromatic hydroxyl groups is 1. The van der Waals surface area contributed by atoms with Crippen molar-refractivity contribution in [3.8, 4) is 5.75 Å². The van der Waals surface area contributed by atoms with Gasteiger partial charge in [-0.25, -0.2) is 0 Å². The van der Waals surface area contributed by atoms with Crippen LogP contribution in [0.2, 0.25) is 0 Å². The Hall–Kier alpha value is -2.36. The molecule has 0 amide bonds. The zero-order valence-corrected chi connectivity index (χ0v) is 9.46. The fraction of sp³-hybridized carbons (Fsp3) is 0.0769. The van der Waals surface area contributed by atoms with Crippen molar-refractivity contribution < 1.29 is 5.11 Å². The Bertz CT molecular complexity index is 523. The lowest BCUT2D eigenvalue weighted by Gasteiger charge is -2.03. The molecule has 0 saturated heterocycles. The highest BCUT2D eigenvalue weighted by Crippen LogP contribution is 2.29. The van der Waals surface area contributed by atoms with Crippen LogP contribution < -0.4 is 5.32 Å². The molecule has 0 fully saturated rings. The number of benzene rings is 2. The summed E-state index contributed by atoms with van der Waals surface area (Å²) >= 11 is 0. The maximum Gasteiger partial charge on any atom is 0.117 e. The van der Waals surface area contributed by atoms with E-state index in [1.165, 1.54) is 0 Å². The number of nitrogens with one attached hydrogen (secondary N) is 1. The summed E-state index contributed by atoms with van der Waals surface area (Å²) in [5, 5.41) is 20.6. The topological polar surface area (TPSA) is 57.0 Å². The molecule has 0 spiro atoms. The third-order valence-corrected chi connectivity index (χ3v) is 2.28. The van der Waals surface area contributed by atoms with E-state index in [4.69, 9.17) is 0 Å². The van der Waals surface area contributed by atoms with Crippen LogP contribution in [0.3, 0.4) is 0 Å². The first-order valence-electron chi connectivity index (χ1n) is 5.27. The highest BCUT2D eigenvalue weighted by molar-refractivity contribution is 5.67. The number of hydrogen-bond acceptors (Lipinski definition) is 4. The standard InChI is InChI=1S/C13H13N3O/c1-14-13-9-11(17)7-8-12(13)16-15-10-5-3-2-4-6-10/h2-9,14,17H,1H3. The van der Waals surface area contributed by atoms with E-state index in [9.17, 15) is 5.11 Å². The van der Waals surface area contributed by atoms with Gasteiger partial charge in [-0.3, -0.25) is 0 Å². The van der Waals surface area contributed by atoms with Crippen LogP contribution in [0.15, 0.2) is 58.8 Å². The average molecular weight is 227 g/mol. The van der Waals surface area contributed by atoms with Gasteiger partial charge in [-0.15, -0.1) is 5.11 Å². The molecule has 0 aliphatic heterocycles. The van der Waals surface area contributed by atoms with E-state index < -0.39 is 0 Å². The fourth-order valence-electron chi connectivity index (χ4n) is 1.42. The van der Waals surface area contributed by atoms with Gasteiger partial charge in [0.1, 0.15) is 11.4 Å². The quantitative estimate of drug-likeness (QED) is 0.782. The van der Waals surface area contributed by atoms with Crippen LogP contribution in [0, 0.1) is 0 Å². The van der Waals surface area contributed by atoms with Crippen LogP contribution in [0.4, 0.5) is 17.1 Å². The van der Waals surface area contributed by atoms with E-state index in [0.717, 1.165) is 11.4 Å². The molecule has 2 N–H and O–H groups in total. The number of rotatable bonds is 3. The summed E-state index contributed by atoms with van der Waals surface area (Å²) in [6.07, 6.45) is 0. The third kappa shape index (κ3) is 2.81. The molecule has 2 aromatic carbocycles. The summed E-state index contributed by atoms with van der Waals surface area (Å²) in [5.41, 5.74) is 2.22. The fourth-order valence-corrected chi connectivity index (χ4v) is 1.42. The number of nitrogens with zero attached hydrogens (tertiary/aromatic N) is 2. The Morgan fingerprint density at radius 3 is 2.47 bits per heavy atom. The number of phenolic OH excluding ortho intramolecular Hbond substituents is 1. The van der Waals surface area contributed by atoms with Gasteiger partial charge in [0.05, 0.1) is 11.4 Å². The van der Waals surface area contributed by atoms with E-state index in [2.05, 4.69) is 15.5 Å². The monoisotopic (exact) mass is 227 g/mol. The Balaban J connectivity index is 2.27. The average Bonchev–Trinajstić information content (AvgIpc) is 2.38. The first-order valence-corrected chi connectivity index (χ1v) is 5.27. The molecule has 0 aromatic heterocycles. The molecule has 0 radical (unpaired) electrons. The molecule has 4 nitrogen and oxygen atoms in total. The predicted molar refractivity (Wildman–Crippen MR) is 68.3 cm³/mol. The molecule has 86 valence electrons. The number of azo groups is 1. The van der Waals surface area contributed by atoms with Gasteiger partial charge < -0.3 is 10.4 Å². The second-order valence-corrected chi connectivity index (χ2v) is 3.49. The largest absolute Gasteiger partial charge is 0.508 e. The Morgan fingerprint density at radius 2 is 1.76 bits per heavy atom. The summed E-state index contributed by atoms with van der Waals surface area (Å²) in [7, 11) is 1.77. The minimum Gasteiger partial charge on any atom is -0.508 e. The molecule has 0 bridgehead atoms. The molecule has 0 atom stereocenters. The van der Waals surface area contributed by atoms with Crippen LogP contribution in [0.25, 0.3) is 0 Å². The Morgan fingerprint density at radius 1 is 1.00 bits per heavy atom. The van der Waals surface area contributed by atoms with E-state index in [0.29, 0.717) is 5.69 Å². The second-order valence-electron chi connectivity index (χ2n) is 3.49. The highest BCUT2D eigenvalue weighted by atomic mass is 16.3. The van der Waals surface area contributed by atoms with Gasteiger partial charge in [0.25, 0.3) is 0 Å². The van der Waals surface area contributed by atoms with Crippen molar-refractivity contribution in [1.82, 2.24) is 0 Å². The van der Waals surface area contributed by atoms with Crippen LogP contribution in [-0.4, -0.2) is 12.2 Å². The molecule has 0 aliphatic rings. The molecule has 2 aromatic rings. The first kappa shape index (κ1) is 11.1. The number of phenols is 1. The van der Waals surface area contributed by atoms with E-state index in [-0.39, 0.29) is 5.75 Å². The van der Waals surface area contributed by atoms with Gasteiger partial charge in [-0.2, -0.15) is 5.11 Å². The zero-order valence-electron chi connectivity index (χ0n) is 9.46. The number of anilines is 1. The molecular formula is C13H13N3O. The van der Waals surface area contributed by atoms with Crippen molar-refractivity contribution in [2.45, 2.75) is 0 Å². The summed E-state index contributed by atoms with van der Waals surface area (Å²) < 4.78 is 0. The molecular weight excluding hydrogens is 214 g/mol. The molecule has 0 aliphatic carbocycles. The molecule has 0 heterocycles. The van der Waals surface area contributed by atoms with Gasteiger partial charge >= 0.3 is 0 Å². The van der Waals surface area contributed by atoms with E-state index >= 15 is 0 Å². The van der Waals surface area contributed by atoms with Gasteiger partial charge in [0.2, 0.25) is 0 Å². The third-order valence-electron chi connectivity index (χ3n) is 2.28. The zero-order chi connectivity index (χ0) is 12.1. The summed E-state index contributed by atoms with van der Waals surface area (Å²) in [6, 6.07) is 14.4. The minimum atomic E-state index is 0.202. The molecule has 4 heteroatoms. The minimum absolute atomic E-state index is 0.202. The van der Waals surface area contributed by atoms with Crippen molar-refractivity contribution in [1.29, 1.82) is 0 Å². The SMILES string of the molecule is CNc1cc(O)ccc1N=Nc1ccccc1. The van der Waals surface area contributed by atoms with Gasteiger partial charge in [-0.1, -0.05) is 18.2 Å². The molecule has 17 heavy (non-hydrogen) atoms. The van der Waals surface area contributed by atoms with Crippen LogP contribution >= 0.6 is 0 Å². The smallest absolute Gasteiger partial charge is 0.117 e. The Kier molecular flexibility index (Phi) is 3.35. The maximum atomic E-state index is 9.34. The lowest BCUT2D eigenvalue weighted by molar-refractivity contribution is 0.475. The van der Waals surface area contributed by atoms with Crippen LogP contribution in [0.5, 0.6) is 5.75 Å². The lowest BCUT2D eigenvalue weighted by atomic mass is 10.2. The van der Waals surface area contributed by atoms with Crippen molar-refractivity contribution in [2.24, 2.45) is 10.2 Å². The van der Waals surface area contributed by atoms with Crippen molar-refractivity contribution in [3.05, 3.63) is 48.5 Å². The van der Waals surface area contributed by atoms with Gasteiger partial charge in [0.15, 0.2) is 0 Å². The first-order chi connectivity index (χ1) is 8.29. The summed E-state index contributed by atoms with van der Waals surface area (Å²) in [4.78, 5) is 0. The summed E-state index contributed by atoms with van der Waals surface area (Å²) in [6.45, 7) is 0. The highest BCUT2D eigenvalue weighted by Gasteiger charge is 2.00. The van der Waals surface area contributed by atoms with E-state index in [1.807, 2.05) is 30.3 Å². The lowest BCUT2D eigenvalue weighted by Crippen LogP contribution is -1.87. The second kappa shape index (κ2) is 5.12. The van der Waals surface area contributed by atoms with E-state index in [1.54, 1.807) is 25.2 Å². The molecule has 0 unspecified atom stereocenters. The van der Waals surface area contributed by atoms with Gasteiger partial charge in [0, 0.05) is 13.1 Å². The predicted octanol–water partition coefficient (Wildman–Crippen LogP) is 3.85. The Labute approximate surface area is 99.6 Å². The maximum absolute atomic E-state index is 9.34. The van der Waals surface area contributed by atoms with Crippen molar-refractivity contribution in [2.75, 3.05) is 12.4 Å².